The number of primary amides is 1. The highest BCUT2D eigenvalue weighted by molar-refractivity contribution is 5.97. The fourth-order valence-electron chi connectivity index (χ4n) is 2.14. The molecule has 5 nitrogen and oxygen atoms in total. The molecule has 1 atom stereocenters. The van der Waals surface area contributed by atoms with Crippen LogP contribution in [0.4, 0.5) is 11.4 Å². The maximum atomic E-state index is 11.1. The van der Waals surface area contributed by atoms with Gasteiger partial charge >= 0.3 is 0 Å². The van der Waals surface area contributed by atoms with E-state index < -0.39 is 5.91 Å². The Bertz CT molecular complexity index is 483. The molecule has 1 unspecified atom stereocenters. The highest BCUT2D eigenvalue weighted by Gasteiger charge is 2.28. The van der Waals surface area contributed by atoms with Gasteiger partial charge in [-0.1, -0.05) is 0 Å². The first kappa shape index (κ1) is 9.21. The van der Waals surface area contributed by atoms with E-state index in [0.717, 1.165) is 24.5 Å². The fourth-order valence-corrected chi connectivity index (χ4v) is 2.14. The van der Waals surface area contributed by atoms with Crippen molar-refractivity contribution < 1.29 is 4.79 Å². The molecule has 16 heavy (non-hydrogen) atoms. The zero-order valence-corrected chi connectivity index (χ0v) is 8.68. The molecule has 1 aromatic carbocycles. The van der Waals surface area contributed by atoms with Gasteiger partial charge in [0.1, 0.15) is 0 Å². The highest BCUT2D eigenvalue weighted by Crippen LogP contribution is 2.32. The van der Waals surface area contributed by atoms with Crippen LogP contribution in [0.25, 0.3) is 0 Å². The van der Waals surface area contributed by atoms with Crippen molar-refractivity contribution in [3.8, 4) is 0 Å². The second-order valence-corrected chi connectivity index (χ2v) is 4.02. The van der Waals surface area contributed by atoms with E-state index >= 15 is 0 Å². The van der Waals surface area contributed by atoms with E-state index in [2.05, 4.69) is 15.2 Å². The average Bonchev–Trinajstić information content (AvgIpc) is 2.76. The van der Waals surface area contributed by atoms with Gasteiger partial charge in [-0.15, -0.1) is 0 Å². The lowest BCUT2D eigenvalue weighted by Gasteiger charge is -2.32. The van der Waals surface area contributed by atoms with Gasteiger partial charge in [-0.25, -0.2) is 0 Å². The molecule has 0 spiro atoms. The summed E-state index contributed by atoms with van der Waals surface area (Å²) in [5.74, 6) is -0.401. The first-order chi connectivity index (χ1) is 7.75. The lowest BCUT2D eigenvalue weighted by Crippen LogP contribution is -2.41. The molecule has 2 heterocycles. The number of carbonyl (C=O) groups is 1. The maximum absolute atomic E-state index is 11.1. The SMILES string of the molecule is NC(=O)c1ccc2c(c1)NCC1CN=CN21. The lowest BCUT2D eigenvalue weighted by molar-refractivity contribution is 0.100. The van der Waals surface area contributed by atoms with Crippen LogP contribution in [0.3, 0.4) is 0 Å². The summed E-state index contributed by atoms with van der Waals surface area (Å²) in [6.07, 6.45) is 1.86. The molecule has 2 aliphatic rings. The zero-order valence-electron chi connectivity index (χ0n) is 8.68. The van der Waals surface area contributed by atoms with Crippen LogP contribution < -0.4 is 16.0 Å². The topological polar surface area (TPSA) is 70.7 Å². The molecule has 3 rings (SSSR count). The first-order valence-corrected chi connectivity index (χ1v) is 5.22. The van der Waals surface area contributed by atoms with E-state index in [9.17, 15) is 4.79 Å². The number of aliphatic imine (C=N–C) groups is 1. The third kappa shape index (κ3) is 1.25. The Kier molecular flexibility index (Phi) is 1.86. The van der Waals surface area contributed by atoms with Crippen LogP contribution in [0, 0.1) is 0 Å². The summed E-state index contributed by atoms with van der Waals surface area (Å²) in [5.41, 5.74) is 7.78. The van der Waals surface area contributed by atoms with Gasteiger partial charge < -0.3 is 16.0 Å². The summed E-state index contributed by atoms with van der Waals surface area (Å²) in [4.78, 5) is 17.5. The average molecular weight is 216 g/mol. The number of amides is 1. The van der Waals surface area contributed by atoms with Crippen LogP contribution in [0.15, 0.2) is 23.2 Å². The Morgan fingerprint density at radius 1 is 1.56 bits per heavy atom. The number of hydrogen-bond donors (Lipinski definition) is 2. The maximum Gasteiger partial charge on any atom is 0.248 e. The van der Waals surface area contributed by atoms with E-state index in [0.29, 0.717) is 11.6 Å². The summed E-state index contributed by atoms with van der Waals surface area (Å²) in [7, 11) is 0. The number of fused-ring (bicyclic) bond motifs is 3. The molecule has 0 fully saturated rings. The smallest absolute Gasteiger partial charge is 0.248 e. The van der Waals surface area contributed by atoms with E-state index in [1.54, 1.807) is 12.1 Å². The molecule has 5 heteroatoms. The fraction of sp³-hybridized carbons (Fsp3) is 0.273. The molecule has 0 radical (unpaired) electrons. The second-order valence-electron chi connectivity index (χ2n) is 4.02. The van der Waals surface area contributed by atoms with E-state index in [4.69, 9.17) is 5.73 Å². The zero-order chi connectivity index (χ0) is 11.1. The number of hydrogen-bond acceptors (Lipinski definition) is 4. The summed E-state index contributed by atoms with van der Waals surface area (Å²) in [6.45, 7) is 1.67. The van der Waals surface area contributed by atoms with Gasteiger partial charge in [0.25, 0.3) is 0 Å². The van der Waals surface area contributed by atoms with Crippen LogP contribution in [0.1, 0.15) is 10.4 Å². The molecule has 0 saturated carbocycles. The van der Waals surface area contributed by atoms with Gasteiger partial charge in [-0.2, -0.15) is 0 Å². The number of benzene rings is 1. The van der Waals surface area contributed by atoms with Crippen molar-refractivity contribution in [2.75, 3.05) is 23.3 Å². The molecule has 3 N–H and O–H groups in total. The van der Waals surface area contributed by atoms with Crippen molar-refractivity contribution in [2.45, 2.75) is 6.04 Å². The molecule has 2 aliphatic heterocycles. The molecular weight excluding hydrogens is 204 g/mol. The summed E-state index contributed by atoms with van der Waals surface area (Å²) in [5, 5.41) is 3.30. The Labute approximate surface area is 93.0 Å². The Balaban J connectivity index is 2.05. The van der Waals surface area contributed by atoms with Gasteiger partial charge in [-0.05, 0) is 18.2 Å². The quantitative estimate of drug-likeness (QED) is 0.715. The van der Waals surface area contributed by atoms with Crippen molar-refractivity contribution in [3.05, 3.63) is 23.8 Å². The van der Waals surface area contributed by atoms with Crippen LogP contribution in [-0.2, 0) is 0 Å². The predicted octanol–water partition coefficient (Wildman–Crippen LogP) is 0.428. The summed E-state index contributed by atoms with van der Waals surface area (Å²) in [6, 6.07) is 5.84. The molecule has 82 valence electrons. The molecule has 0 aliphatic carbocycles. The minimum Gasteiger partial charge on any atom is -0.381 e. The minimum atomic E-state index is -0.401. The molecular formula is C11H12N4O. The van der Waals surface area contributed by atoms with Gasteiger partial charge in [0.2, 0.25) is 5.91 Å². The number of anilines is 2. The van der Waals surface area contributed by atoms with Gasteiger partial charge in [0.05, 0.1) is 30.3 Å². The van der Waals surface area contributed by atoms with Crippen molar-refractivity contribution in [1.82, 2.24) is 0 Å². The van der Waals surface area contributed by atoms with Crippen molar-refractivity contribution in [1.29, 1.82) is 0 Å². The van der Waals surface area contributed by atoms with Crippen molar-refractivity contribution >= 4 is 23.6 Å². The lowest BCUT2D eigenvalue weighted by atomic mass is 10.1. The normalized spacial score (nSPS) is 21.2. The van der Waals surface area contributed by atoms with E-state index in [-0.39, 0.29) is 0 Å². The molecule has 1 amide bonds. The van der Waals surface area contributed by atoms with Crippen LogP contribution in [-0.4, -0.2) is 31.4 Å². The number of carbonyl (C=O) groups excluding carboxylic acids is 1. The monoisotopic (exact) mass is 216 g/mol. The minimum absolute atomic E-state index is 0.395. The van der Waals surface area contributed by atoms with E-state index in [1.165, 1.54) is 0 Å². The number of nitrogens with two attached hydrogens (primary N) is 1. The van der Waals surface area contributed by atoms with Gasteiger partial charge in [0, 0.05) is 12.1 Å². The second kappa shape index (κ2) is 3.23. The molecule has 0 bridgehead atoms. The number of rotatable bonds is 1. The summed E-state index contributed by atoms with van der Waals surface area (Å²) >= 11 is 0. The Morgan fingerprint density at radius 3 is 3.25 bits per heavy atom. The van der Waals surface area contributed by atoms with Crippen molar-refractivity contribution in [3.63, 3.8) is 0 Å². The number of nitrogens with zero attached hydrogens (tertiary/aromatic N) is 2. The van der Waals surface area contributed by atoms with E-state index in [1.807, 2.05) is 12.4 Å². The Morgan fingerprint density at radius 2 is 2.44 bits per heavy atom. The van der Waals surface area contributed by atoms with Crippen molar-refractivity contribution in [2.24, 2.45) is 10.7 Å². The molecule has 0 aromatic heterocycles. The van der Waals surface area contributed by atoms with Gasteiger partial charge in [0.15, 0.2) is 0 Å². The summed E-state index contributed by atoms with van der Waals surface area (Å²) < 4.78 is 0. The van der Waals surface area contributed by atoms with Gasteiger partial charge in [-0.3, -0.25) is 9.79 Å². The number of nitrogens with one attached hydrogen (secondary N) is 1. The highest BCUT2D eigenvalue weighted by atomic mass is 16.1. The van der Waals surface area contributed by atoms with Crippen LogP contribution in [0.2, 0.25) is 0 Å². The molecule has 1 aromatic rings. The van der Waals surface area contributed by atoms with Crippen LogP contribution >= 0.6 is 0 Å². The Hall–Kier alpha value is -2.04. The third-order valence-corrected chi connectivity index (χ3v) is 3.00. The van der Waals surface area contributed by atoms with Crippen LogP contribution in [0.5, 0.6) is 0 Å². The molecule has 0 saturated heterocycles. The largest absolute Gasteiger partial charge is 0.381 e. The first-order valence-electron chi connectivity index (χ1n) is 5.22. The predicted molar refractivity (Wildman–Crippen MR) is 63.1 cm³/mol. The third-order valence-electron chi connectivity index (χ3n) is 3.00. The standard InChI is InChI=1S/C11H12N4O/c12-11(16)7-1-2-10-9(3-7)14-5-8-4-13-6-15(8)10/h1-3,6,8,14H,4-5H2,(H2,12,16).